The van der Waals surface area contributed by atoms with E-state index in [4.69, 9.17) is 0 Å². The maximum absolute atomic E-state index is 12.9. The van der Waals surface area contributed by atoms with Gasteiger partial charge in [0.05, 0.1) is 10.5 Å². The smallest absolute Gasteiger partial charge is 0.336 e. The number of alkyl halides is 3. The molecule has 0 radical (unpaired) electrons. The summed E-state index contributed by atoms with van der Waals surface area (Å²) in [5.74, 6) is -0.536. The first-order valence-corrected chi connectivity index (χ1v) is 10.8. The van der Waals surface area contributed by atoms with Gasteiger partial charge in [0.15, 0.2) is 0 Å². The molecule has 3 rings (SSSR count). The number of rotatable bonds is 3. The Morgan fingerprint density at radius 1 is 1.07 bits per heavy atom. The molecule has 1 saturated heterocycles. The summed E-state index contributed by atoms with van der Waals surface area (Å²) >= 11 is 1.40. The van der Waals surface area contributed by atoms with Gasteiger partial charge in [-0.2, -0.15) is 17.5 Å². The minimum absolute atomic E-state index is 0.0598. The molecule has 1 aromatic heterocycles. The number of carbonyl (C=O) groups is 1. The van der Waals surface area contributed by atoms with Crippen LogP contribution in [0.2, 0.25) is 0 Å². The highest BCUT2D eigenvalue weighted by Gasteiger charge is 2.34. The number of amides is 1. The van der Waals surface area contributed by atoms with Gasteiger partial charge in [-0.1, -0.05) is 6.07 Å². The maximum atomic E-state index is 12.9. The number of halogens is 3. The zero-order valence-corrected chi connectivity index (χ0v) is 16.9. The van der Waals surface area contributed by atoms with Crippen molar-refractivity contribution in [2.24, 2.45) is 0 Å². The van der Waals surface area contributed by atoms with Crippen LogP contribution in [0, 0.1) is 13.8 Å². The molecule has 28 heavy (non-hydrogen) atoms. The number of nitrogens with zero attached hydrogens (tertiary/aromatic N) is 2. The molecule has 10 heteroatoms. The molecule has 0 atom stereocenters. The average Bonchev–Trinajstić information content (AvgIpc) is 2.99. The minimum Gasteiger partial charge on any atom is -0.336 e. The molecule has 0 bridgehead atoms. The van der Waals surface area contributed by atoms with Crippen LogP contribution >= 0.6 is 11.3 Å². The van der Waals surface area contributed by atoms with E-state index in [0.717, 1.165) is 17.0 Å². The lowest BCUT2D eigenvalue weighted by molar-refractivity contribution is -0.137. The van der Waals surface area contributed by atoms with Crippen LogP contribution in [0.15, 0.2) is 35.2 Å². The molecule has 1 fully saturated rings. The summed E-state index contributed by atoms with van der Waals surface area (Å²) in [4.78, 5) is 15.8. The molecule has 0 unspecified atom stereocenters. The van der Waals surface area contributed by atoms with Crippen molar-refractivity contribution in [3.63, 3.8) is 0 Å². The predicted molar refractivity (Wildman–Crippen MR) is 99.9 cm³/mol. The second-order valence-electron chi connectivity index (χ2n) is 6.55. The number of thiophene rings is 1. The van der Waals surface area contributed by atoms with E-state index in [1.165, 1.54) is 32.7 Å². The zero-order valence-electron chi connectivity index (χ0n) is 15.3. The number of hydrogen-bond donors (Lipinski definition) is 0. The topological polar surface area (TPSA) is 57.7 Å². The first-order valence-electron chi connectivity index (χ1n) is 8.54. The summed E-state index contributed by atoms with van der Waals surface area (Å²) in [6, 6.07) is 5.89. The van der Waals surface area contributed by atoms with Gasteiger partial charge in [0.25, 0.3) is 5.91 Å². The monoisotopic (exact) mass is 432 g/mol. The zero-order chi connectivity index (χ0) is 20.7. The summed E-state index contributed by atoms with van der Waals surface area (Å²) in [5.41, 5.74) is -0.946. The fourth-order valence-corrected chi connectivity index (χ4v) is 6.09. The molecule has 0 spiro atoms. The Morgan fingerprint density at radius 2 is 1.71 bits per heavy atom. The fraction of sp³-hybridized carbons (Fsp3) is 0.389. The summed E-state index contributed by atoms with van der Waals surface area (Å²) in [6.45, 7) is 4.02. The van der Waals surface area contributed by atoms with Crippen molar-refractivity contribution in [1.82, 2.24) is 9.21 Å². The second kappa shape index (κ2) is 7.49. The molecular formula is C18H19F3N2O3S2. The summed E-state index contributed by atoms with van der Waals surface area (Å²) in [7, 11) is -3.65. The predicted octanol–water partition coefficient (Wildman–Crippen LogP) is 3.53. The Morgan fingerprint density at radius 3 is 2.25 bits per heavy atom. The summed E-state index contributed by atoms with van der Waals surface area (Å²) in [5, 5.41) is 0. The van der Waals surface area contributed by atoms with E-state index in [1.54, 1.807) is 13.0 Å². The van der Waals surface area contributed by atoms with Crippen molar-refractivity contribution >= 4 is 27.3 Å². The Bertz CT molecular complexity index is 992. The first-order chi connectivity index (χ1) is 13.0. The van der Waals surface area contributed by atoms with Crippen LogP contribution in [0.1, 0.15) is 25.7 Å². The number of hydrogen-bond acceptors (Lipinski definition) is 4. The summed E-state index contributed by atoms with van der Waals surface area (Å²) < 4.78 is 65.5. The van der Waals surface area contributed by atoms with Gasteiger partial charge in [-0.25, -0.2) is 8.42 Å². The van der Waals surface area contributed by atoms with Gasteiger partial charge in [0.2, 0.25) is 10.0 Å². The highest BCUT2D eigenvalue weighted by Crippen LogP contribution is 2.30. The molecule has 0 saturated carbocycles. The lowest BCUT2D eigenvalue weighted by Crippen LogP contribution is -2.50. The van der Waals surface area contributed by atoms with Crippen molar-refractivity contribution in [3.8, 4) is 0 Å². The lowest BCUT2D eigenvalue weighted by atomic mass is 10.1. The number of piperazine rings is 1. The number of carbonyl (C=O) groups excluding carboxylic acids is 1. The van der Waals surface area contributed by atoms with Gasteiger partial charge < -0.3 is 4.90 Å². The van der Waals surface area contributed by atoms with Crippen LogP contribution < -0.4 is 0 Å². The van der Waals surface area contributed by atoms with Crippen LogP contribution in [0.3, 0.4) is 0 Å². The van der Waals surface area contributed by atoms with Crippen molar-refractivity contribution in [3.05, 3.63) is 51.2 Å². The van der Waals surface area contributed by atoms with Crippen molar-refractivity contribution in [2.45, 2.75) is 24.9 Å². The van der Waals surface area contributed by atoms with Gasteiger partial charge in [-0.05, 0) is 38.1 Å². The maximum Gasteiger partial charge on any atom is 0.416 e. The van der Waals surface area contributed by atoms with E-state index in [2.05, 4.69) is 0 Å². The number of aryl methyl sites for hydroxylation is 2. The standard InChI is InChI=1S/C18H19F3N2O3S2/c1-12-10-16(13(2)27-12)28(25,26)23-8-6-22(7-9-23)17(24)14-4-3-5-15(11-14)18(19,20)21/h3-5,10-11H,6-9H2,1-2H3. The van der Waals surface area contributed by atoms with Crippen molar-refractivity contribution < 1.29 is 26.4 Å². The van der Waals surface area contributed by atoms with Crippen LogP contribution in [0.5, 0.6) is 0 Å². The van der Waals surface area contributed by atoms with Crippen molar-refractivity contribution in [2.75, 3.05) is 26.2 Å². The third-order valence-electron chi connectivity index (χ3n) is 4.58. The van der Waals surface area contributed by atoms with Gasteiger partial charge >= 0.3 is 6.18 Å². The second-order valence-corrected chi connectivity index (χ2v) is 9.92. The van der Waals surface area contributed by atoms with Crippen LogP contribution in [-0.2, 0) is 16.2 Å². The average molecular weight is 432 g/mol. The number of benzene rings is 1. The van der Waals surface area contributed by atoms with E-state index < -0.39 is 27.7 Å². The molecular weight excluding hydrogens is 413 g/mol. The fourth-order valence-electron chi connectivity index (χ4n) is 3.15. The third-order valence-corrected chi connectivity index (χ3v) is 7.70. The van der Waals surface area contributed by atoms with Crippen LogP contribution in [0.4, 0.5) is 13.2 Å². The molecule has 5 nitrogen and oxygen atoms in total. The van der Waals surface area contributed by atoms with Gasteiger partial charge in [-0.15, -0.1) is 11.3 Å². The molecule has 0 aliphatic carbocycles. The minimum atomic E-state index is -4.53. The van der Waals surface area contributed by atoms with Gasteiger partial charge in [-0.3, -0.25) is 4.79 Å². The Kier molecular flexibility index (Phi) is 5.57. The van der Waals surface area contributed by atoms with Crippen LogP contribution in [-0.4, -0.2) is 49.7 Å². The van der Waals surface area contributed by atoms with Crippen molar-refractivity contribution in [1.29, 1.82) is 0 Å². The normalized spacial score (nSPS) is 16.4. The molecule has 0 N–H and O–H groups in total. The molecule has 1 aromatic carbocycles. The summed E-state index contributed by atoms with van der Waals surface area (Å²) in [6.07, 6.45) is -4.53. The SMILES string of the molecule is Cc1cc(S(=O)(=O)N2CCN(C(=O)c3cccc(C(F)(F)F)c3)CC2)c(C)s1. The highest BCUT2D eigenvalue weighted by atomic mass is 32.2. The lowest BCUT2D eigenvalue weighted by Gasteiger charge is -2.34. The number of sulfonamides is 1. The third kappa shape index (κ3) is 4.08. The van der Waals surface area contributed by atoms with E-state index >= 15 is 0 Å². The Hall–Kier alpha value is -1.91. The van der Waals surface area contributed by atoms with E-state index in [-0.39, 0.29) is 36.6 Å². The largest absolute Gasteiger partial charge is 0.416 e. The molecule has 1 amide bonds. The van der Waals surface area contributed by atoms with E-state index in [0.29, 0.717) is 4.88 Å². The molecule has 2 heterocycles. The first kappa shape index (κ1) is 20.8. The van der Waals surface area contributed by atoms with Gasteiger partial charge in [0, 0.05) is 41.5 Å². The molecule has 1 aliphatic rings. The van der Waals surface area contributed by atoms with Crippen LogP contribution in [0.25, 0.3) is 0 Å². The molecule has 2 aromatic rings. The van der Waals surface area contributed by atoms with Gasteiger partial charge in [0.1, 0.15) is 0 Å². The highest BCUT2D eigenvalue weighted by molar-refractivity contribution is 7.89. The van der Waals surface area contributed by atoms with E-state index in [9.17, 15) is 26.4 Å². The van der Waals surface area contributed by atoms with E-state index in [1.807, 2.05) is 6.92 Å². The molecule has 152 valence electrons. The Labute approximate surface area is 165 Å². The Balaban J connectivity index is 1.72. The quantitative estimate of drug-likeness (QED) is 0.746. The molecule has 1 aliphatic heterocycles.